The molecular formula is C17H19ClN4O3. The van der Waals surface area contributed by atoms with Gasteiger partial charge in [-0.1, -0.05) is 11.6 Å². The van der Waals surface area contributed by atoms with Gasteiger partial charge in [0, 0.05) is 37.1 Å². The molecule has 0 bridgehead atoms. The minimum atomic E-state index is -0.502. The van der Waals surface area contributed by atoms with Gasteiger partial charge in [-0.2, -0.15) is 0 Å². The van der Waals surface area contributed by atoms with Crippen LogP contribution in [0.25, 0.3) is 0 Å². The van der Waals surface area contributed by atoms with E-state index in [-0.39, 0.29) is 31.3 Å². The third kappa shape index (κ3) is 3.16. The van der Waals surface area contributed by atoms with Gasteiger partial charge in [-0.05, 0) is 31.0 Å². The Labute approximate surface area is 150 Å². The first kappa shape index (κ1) is 16.2. The van der Waals surface area contributed by atoms with E-state index in [9.17, 15) is 14.4 Å². The summed E-state index contributed by atoms with van der Waals surface area (Å²) in [7, 11) is 0. The number of halogens is 1. The molecule has 1 saturated carbocycles. The fourth-order valence-electron chi connectivity index (χ4n) is 3.43. The highest BCUT2D eigenvalue weighted by Crippen LogP contribution is 2.41. The van der Waals surface area contributed by atoms with Crippen LogP contribution < -0.4 is 15.1 Å². The van der Waals surface area contributed by atoms with Gasteiger partial charge in [0.2, 0.25) is 11.8 Å². The second-order valence-electron chi connectivity index (χ2n) is 6.63. The van der Waals surface area contributed by atoms with Crippen molar-refractivity contribution < 1.29 is 14.4 Å². The Morgan fingerprint density at radius 2 is 1.96 bits per heavy atom. The van der Waals surface area contributed by atoms with Gasteiger partial charge >= 0.3 is 6.03 Å². The summed E-state index contributed by atoms with van der Waals surface area (Å²) >= 11 is 6.16. The smallest absolute Gasteiger partial charge is 0.324 e. The van der Waals surface area contributed by atoms with Crippen LogP contribution in [0, 0.1) is 0 Å². The Morgan fingerprint density at radius 3 is 2.68 bits per heavy atom. The zero-order valence-corrected chi connectivity index (χ0v) is 14.5. The molecule has 0 atom stereocenters. The van der Waals surface area contributed by atoms with Gasteiger partial charge in [0.05, 0.1) is 11.4 Å². The van der Waals surface area contributed by atoms with Crippen molar-refractivity contribution in [3.05, 3.63) is 23.2 Å². The Balaban J connectivity index is 1.54. The zero-order valence-electron chi connectivity index (χ0n) is 13.7. The molecule has 1 N–H and O–H groups in total. The topological polar surface area (TPSA) is 73.0 Å². The van der Waals surface area contributed by atoms with Crippen LogP contribution in [0.2, 0.25) is 5.02 Å². The first-order chi connectivity index (χ1) is 12.0. The number of carbonyl (C=O) groups is 3. The summed E-state index contributed by atoms with van der Waals surface area (Å²) in [5, 5.41) is 2.89. The van der Waals surface area contributed by atoms with Crippen LogP contribution in [0.15, 0.2) is 18.2 Å². The number of hydrogen-bond acceptors (Lipinski definition) is 4. The molecule has 1 aromatic rings. The molecule has 4 amide bonds. The molecule has 4 rings (SSSR count). The molecule has 7 nitrogen and oxygen atoms in total. The van der Waals surface area contributed by atoms with Crippen molar-refractivity contribution in [3.63, 3.8) is 0 Å². The third-order valence-corrected chi connectivity index (χ3v) is 5.09. The third-order valence-electron chi connectivity index (χ3n) is 4.86. The average molecular weight is 363 g/mol. The maximum absolute atomic E-state index is 12.8. The van der Waals surface area contributed by atoms with E-state index in [0.717, 1.165) is 17.9 Å². The number of urea groups is 1. The predicted molar refractivity (Wildman–Crippen MR) is 93.9 cm³/mol. The van der Waals surface area contributed by atoms with Crippen LogP contribution in [-0.4, -0.2) is 55.0 Å². The fraction of sp³-hybridized carbons (Fsp3) is 0.471. The van der Waals surface area contributed by atoms with Gasteiger partial charge in [0.15, 0.2) is 0 Å². The lowest BCUT2D eigenvalue weighted by atomic mass is 10.1. The first-order valence-electron chi connectivity index (χ1n) is 8.48. The summed E-state index contributed by atoms with van der Waals surface area (Å²) in [6, 6.07) is 5.58. The van der Waals surface area contributed by atoms with Crippen molar-refractivity contribution in [1.29, 1.82) is 0 Å². The highest BCUT2D eigenvalue weighted by Gasteiger charge is 2.36. The maximum atomic E-state index is 12.8. The van der Waals surface area contributed by atoms with E-state index in [1.807, 2.05) is 12.1 Å². The summed E-state index contributed by atoms with van der Waals surface area (Å²) in [4.78, 5) is 41.3. The number of anilines is 2. The van der Waals surface area contributed by atoms with Gasteiger partial charge in [-0.3, -0.25) is 14.9 Å². The quantitative estimate of drug-likeness (QED) is 0.886. The van der Waals surface area contributed by atoms with E-state index in [0.29, 0.717) is 17.6 Å². The van der Waals surface area contributed by atoms with Gasteiger partial charge in [0.25, 0.3) is 0 Å². The lowest BCUT2D eigenvalue weighted by Crippen LogP contribution is -2.54. The lowest BCUT2D eigenvalue weighted by molar-refractivity contribution is -0.124. The summed E-state index contributed by atoms with van der Waals surface area (Å²) in [6.07, 6.45) is 2.56. The van der Waals surface area contributed by atoms with Crippen LogP contribution in [0.3, 0.4) is 0 Å². The predicted octanol–water partition coefficient (Wildman–Crippen LogP) is 1.60. The SMILES string of the molecule is O=C1CCN(CC(=O)N2CCN(C3CC3)c3cc(Cl)ccc32)C(=O)N1. The van der Waals surface area contributed by atoms with Crippen LogP contribution in [-0.2, 0) is 9.59 Å². The van der Waals surface area contributed by atoms with Gasteiger partial charge < -0.3 is 14.7 Å². The summed E-state index contributed by atoms with van der Waals surface area (Å²) in [5.41, 5.74) is 1.81. The van der Waals surface area contributed by atoms with E-state index < -0.39 is 6.03 Å². The van der Waals surface area contributed by atoms with Gasteiger partial charge in [-0.25, -0.2) is 4.79 Å². The molecule has 1 aliphatic carbocycles. The molecule has 2 fully saturated rings. The number of rotatable bonds is 3. The molecule has 25 heavy (non-hydrogen) atoms. The highest BCUT2D eigenvalue weighted by atomic mass is 35.5. The summed E-state index contributed by atoms with van der Waals surface area (Å²) in [6.45, 7) is 1.57. The zero-order chi connectivity index (χ0) is 17.6. The Hall–Kier alpha value is -2.28. The van der Waals surface area contributed by atoms with Crippen molar-refractivity contribution in [2.75, 3.05) is 36.0 Å². The van der Waals surface area contributed by atoms with E-state index in [1.54, 1.807) is 11.0 Å². The Morgan fingerprint density at radius 1 is 1.16 bits per heavy atom. The molecule has 8 heteroatoms. The van der Waals surface area contributed by atoms with Crippen molar-refractivity contribution in [2.24, 2.45) is 0 Å². The molecule has 2 heterocycles. The molecule has 132 valence electrons. The molecular weight excluding hydrogens is 344 g/mol. The standard InChI is InChI=1S/C17H19ClN4O3/c18-11-1-4-13-14(9-11)21(12-2-3-12)7-8-22(13)16(24)10-20-6-5-15(23)19-17(20)25/h1,4,9,12H,2-3,5-8,10H2,(H,19,23,25). The van der Waals surface area contributed by atoms with Crippen LogP contribution in [0.5, 0.6) is 0 Å². The van der Waals surface area contributed by atoms with Crippen molar-refractivity contribution in [3.8, 4) is 0 Å². The Kier molecular flexibility index (Phi) is 4.03. The van der Waals surface area contributed by atoms with E-state index in [4.69, 9.17) is 11.6 Å². The number of benzene rings is 1. The second kappa shape index (κ2) is 6.22. The molecule has 3 aliphatic rings. The molecule has 0 aromatic heterocycles. The molecule has 0 unspecified atom stereocenters. The number of hydrogen-bond donors (Lipinski definition) is 1. The van der Waals surface area contributed by atoms with Gasteiger partial charge in [0.1, 0.15) is 6.54 Å². The molecule has 2 aliphatic heterocycles. The molecule has 0 radical (unpaired) electrons. The number of nitrogens with one attached hydrogen (secondary N) is 1. The van der Waals surface area contributed by atoms with Crippen LogP contribution in [0.1, 0.15) is 19.3 Å². The summed E-state index contributed by atoms with van der Waals surface area (Å²) in [5.74, 6) is -0.449. The van der Waals surface area contributed by atoms with Crippen LogP contribution in [0.4, 0.5) is 16.2 Å². The molecule has 0 spiro atoms. The summed E-state index contributed by atoms with van der Waals surface area (Å²) < 4.78 is 0. The van der Waals surface area contributed by atoms with E-state index in [1.165, 1.54) is 17.7 Å². The minimum Gasteiger partial charge on any atom is -0.365 e. The Bertz CT molecular complexity index is 749. The monoisotopic (exact) mass is 362 g/mol. The number of imide groups is 1. The van der Waals surface area contributed by atoms with E-state index in [2.05, 4.69) is 10.2 Å². The maximum Gasteiger partial charge on any atom is 0.324 e. The number of fused-ring (bicyclic) bond motifs is 1. The van der Waals surface area contributed by atoms with Crippen molar-refractivity contribution in [1.82, 2.24) is 10.2 Å². The average Bonchev–Trinajstić information content (AvgIpc) is 3.41. The fourth-order valence-corrected chi connectivity index (χ4v) is 3.59. The van der Waals surface area contributed by atoms with Gasteiger partial charge in [-0.15, -0.1) is 0 Å². The number of nitrogens with zero attached hydrogens (tertiary/aromatic N) is 3. The first-order valence-corrected chi connectivity index (χ1v) is 8.86. The minimum absolute atomic E-state index is 0.0371. The number of carbonyl (C=O) groups excluding carboxylic acids is 3. The van der Waals surface area contributed by atoms with Crippen LogP contribution >= 0.6 is 11.6 Å². The van der Waals surface area contributed by atoms with Crippen molar-refractivity contribution >= 4 is 40.8 Å². The number of amides is 4. The van der Waals surface area contributed by atoms with Crippen molar-refractivity contribution in [2.45, 2.75) is 25.3 Å². The second-order valence-corrected chi connectivity index (χ2v) is 7.06. The molecule has 1 aromatic carbocycles. The lowest BCUT2D eigenvalue weighted by Gasteiger charge is -2.39. The largest absolute Gasteiger partial charge is 0.365 e. The highest BCUT2D eigenvalue weighted by molar-refractivity contribution is 6.31. The molecule has 1 saturated heterocycles. The normalized spacial score (nSPS) is 20.4. The van der Waals surface area contributed by atoms with E-state index >= 15 is 0 Å².